The topological polar surface area (TPSA) is 88.2 Å². The lowest BCUT2D eigenvalue weighted by atomic mass is 9.97. The number of nitrogen functional groups attached to an aromatic ring is 1. The lowest BCUT2D eigenvalue weighted by molar-refractivity contribution is 0.148. The Morgan fingerprint density at radius 3 is 2.82 bits per heavy atom. The average molecular weight is 317 g/mol. The van der Waals surface area contributed by atoms with E-state index in [1.165, 1.54) is 17.3 Å². The van der Waals surface area contributed by atoms with E-state index in [2.05, 4.69) is 19.9 Å². The van der Waals surface area contributed by atoms with E-state index in [1.807, 2.05) is 18.4 Å². The van der Waals surface area contributed by atoms with E-state index in [0.717, 1.165) is 18.8 Å². The second-order valence-electron chi connectivity index (χ2n) is 5.43. The van der Waals surface area contributed by atoms with Crippen molar-refractivity contribution in [2.24, 2.45) is 5.92 Å². The molecule has 0 radical (unpaired) electrons. The predicted molar refractivity (Wildman–Crippen MR) is 87.9 cm³/mol. The number of anilines is 2. The Morgan fingerprint density at radius 2 is 2.09 bits per heavy atom. The second-order valence-corrected chi connectivity index (χ2v) is 6.20. The van der Waals surface area contributed by atoms with Gasteiger partial charge in [-0.25, -0.2) is 9.97 Å². The molecule has 7 heteroatoms. The van der Waals surface area contributed by atoms with Gasteiger partial charge in [-0.2, -0.15) is 0 Å². The first-order valence-corrected chi connectivity index (χ1v) is 8.38. The summed E-state index contributed by atoms with van der Waals surface area (Å²) >= 11 is 1.46. The Kier molecular flexibility index (Phi) is 4.44. The molecule has 6 nitrogen and oxygen atoms in total. The van der Waals surface area contributed by atoms with Crippen molar-refractivity contribution in [1.29, 1.82) is 0 Å². The number of hydrogen-bond acceptors (Lipinski definition) is 7. The molecular formula is C15H19N5OS. The summed E-state index contributed by atoms with van der Waals surface area (Å²) in [6.45, 7) is 1.33. The first-order valence-electron chi connectivity index (χ1n) is 7.16. The number of rotatable bonds is 4. The Hall–Kier alpha value is -1.86. The number of nitrogens with zero attached hydrogens (tertiary/aromatic N) is 4. The molecule has 1 aliphatic rings. The van der Waals surface area contributed by atoms with Crippen LogP contribution in [-0.2, 0) is 6.42 Å². The van der Waals surface area contributed by atoms with Gasteiger partial charge in [-0.3, -0.25) is 4.98 Å². The normalized spacial score (nSPS) is 21.3. The molecule has 0 aromatic carbocycles. The van der Waals surface area contributed by atoms with Crippen molar-refractivity contribution < 1.29 is 5.11 Å². The number of nitrogens with two attached hydrogens (primary N) is 1. The number of aliphatic hydroxyl groups excluding tert-OH is 1. The first-order chi connectivity index (χ1) is 10.7. The third-order valence-electron chi connectivity index (χ3n) is 3.87. The second kappa shape index (κ2) is 6.50. The summed E-state index contributed by atoms with van der Waals surface area (Å²) in [4.78, 5) is 14.8. The van der Waals surface area contributed by atoms with E-state index in [9.17, 15) is 5.11 Å². The predicted octanol–water partition coefficient (Wildman–Crippen LogP) is 1.22. The van der Waals surface area contributed by atoms with E-state index in [-0.39, 0.29) is 12.0 Å². The summed E-state index contributed by atoms with van der Waals surface area (Å²) in [6.07, 6.45) is 5.94. The van der Waals surface area contributed by atoms with Gasteiger partial charge in [0, 0.05) is 37.5 Å². The molecule has 0 spiro atoms. The molecular weight excluding hydrogens is 298 g/mol. The summed E-state index contributed by atoms with van der Waals surface area (Å²) in [7, 11) is 0. The quantitative estimate of drug-likeness (QED) is 0.647. The van der Waals surface area contributed by atoms with Gasteiger partial charge in [-0.15, -0.1) is 0 Å². The number of pyridine rings is 1. The molecule has 1 aliphatic heterocycles. The van der Waals surface area contributed by atoms with E-state index in [4.69, 9.17) is 5.73 Å². The molecule has 1 saturated heterocycles. The number of thioether (sulfide) groups is 1. The molecule has 0 amide bonds. The minimum absolute atomic E-state index is 0.177. The van der Waals surface area contributed by atoms with Crippen LogP contribution in [0.4, 0.5) is 11.6 Å². The molecule has 116 valence electrons. The van der Waals surface area contributed by atoms with E-state index >= 15 is 0 Å². The van der Waals surface area contributed by atoms with Crippen LogP contribution in [-0.4, -0.2) is 45.5 Å². The highest BCUT2D eigenvalue weighted by atomic mass is 32.2. The van der Waals surface area contributed by atoms with Crippen molar-refractivity contribution in [3.05, 3.63) is 36.2 Å². The Bertz CT molecular complexity index is 639. The highest BCUT2D eigenvalue weighted by molar-refractivity contribution is 7.98. The van der Waals surface area contributed by atoms with Crippen LogP contribution in [0.5, 0.6) is 0 Å². The summed E-state index contributed by atoms with van der Waals surface area (Å²) in [6, 6.07) is 5.75. The van der Waals surface area contributed by atoms with E-state index in [0.29, 0.717) is 17.5 Å². The monoisotopic (exact) mass is 317 g/mol. The molecule has 0 aliphatic carbocycles. The van der Waals surface area contributed by atoms with Crippen molar-refractivity contribution in [2.75, 3.05) is 30.0 Å². The Balaban J connectivity index is 1.74. The number of aromatic nitrogens is 3. The molecule has 0 saturated carbocycles. The number of β-amino-alcohol motifs (C(OH)–C–C–N with tert-alkyl or cyclic N) is 1. The van der Waals surface area contributed by atoms with Crippen LogP contribution in [0.3, 0.4) is 0 Å². The number of aliphatic hydroxyl groups is 1. The fourth-order valence-electron chi connectivity index (χ4n) is 2.75. The molecule has 2 aromatic heterocycles. The van der Waals surface area contributed by atoms with Gasteiger partial charge in [0.05, 0.1) is 6.10 Å². The van der Waals surface area contributed by atoms with Gasteiger partial charge in [0.2, 0.25) is 0 Å². The standard InChI is InChI=1S/C15H19N5OS/c1-22-15-18-13(16)7-14(19-15)20-8-11(12(21)9-20)6-10-2-4-17-5-3-10/h2-5,7,11-12,21H,6,8-9H2,1H3,(H2,16,18,19)/t11-,12-/m1/s1. The molecule has 2 atom stereocenters. The maximum atomic E-state index is 10.3. The molecule has 0 unspecified atom stereocenters. The van der Waals surface area contributed by atoms with Gasteiger partial charge in [0.15, 0.2) is 5.16 Å². The van der Waals surface area contributed by atoms with Gasteiger partial charge >= 0.3 is 0 Å². The van der Waals surface area contributed by atoms with Crippen molar-refractivity contribution in [1.82, 2.24) is 15.0 Å². The summed E-state index contributed by atoms with van der Waals surface area (Å²) in [5.41, 5.74) is 7.02. The zero-order valence-electron chi connectivity index (χ0n) is 12.4. The first kappa shape index (κ1) is 15.1. The SMILES string of the molecule is CSc1nc(N)cc(N2C[C@@H](Cc3ccncc3)[C@H](O)C2)n1. The van der Waals surface area contributed by atoms with Gasteiger partial charge in [0.25, 0.3) is 0 Å². The largest absolute Gasteiger partial charge is 0.391 e. The van der Waals surface area contributed by atoms with Crippen molar-refractivity contribution >= 4 is 23.4 Å². The van der Waals surface area contributed by atoms with Crippen LogP contribution in [0.1, 0.15) is 5.56 Å². The molecule has 3 N–H and O–H groups in total. The third-order valence-corrected chi connectivity index (χ3v) is 4.42. The van der Waals surface area contributed by atoms with Crippen LogP contribution in [0.2, 0.25) is 0 Å². The fourth-order valence-corrected chi connectivity index (χ4v) is 3.13. The minimum atomic E-state index is -0.373. The van der Waals surface area contributed by atoms with Gasteiger partial charge in [0.1, 0.15) is 11.6 Å². The van der Waals surface area contributed by atoms with Crippen LogP contribution in [0.15, 0.2) is 35.7 Å². The zero-order chi connectivity index (χ0) is 15.5. The van der Waals surface area contributed by atoms with Crippen molar-refractivity contribution in [3.63, 3.8) is 0 Å². The van der Waals surface area contributed by atoms with Crippen LogP contribution in [0, 0.1) is 5.92 Å². The zero-order valence-corrected chi connectivity index (χ0v) is 13.2. The molecule has 3 rings (SSSR count). The van der Waals surface area contributed by atoms with Crippen LogP contribution in [0.25, 0.3) is 0 Å². The highest BCUT2D eigenvalue weighted by Crippen LogP contribution is 2.27. The van der Waals surface area contributed by atoms with Gasteiger partial charge in [-0.05, 0) is 30.4 Å². The molecule has 0 bridgehead atoms. The highest BCUT2D eigenvalue weighted by Gasteiger charge is 2.32. The minimum Gasteiger partial charge on any atom is -0.391 e. The number of hydrogen-bond donors (Lipinski definition) is 2. The summed E-state index contributed by atoms with van der Waals surface area (Å²) in [5.74, 6) is 1.42. The van der Waals surface area contributed by atoms with Crippen LogP contribution >= 0.6 is 11.8 Å². The molecule has 1 fully saturated rings. The van der Waals surface area contributed by atoms with E-state index < -0.39 is 0 Å². The van der Waals surface area contributed by atoms with Gasteiger partial charge in [-0.1, -0.05) is 11.8 Å². The molecule has 2 aromatic rings. The molecule has 3 heterocycles. The molecule has 22 heavy (non-hydrogen) atoms. The third kappa shape index (κ3) is 3.31. The lowest BCUT2D eigenvalue weighted by Gasteiger charge is -2.18. The Morgan fingerprint density at radius 1 is 1.32 bits per heavy atom. The smallest absolute Gasteiger partial charge is 0.191 e. The van der Waals surface area contributed by atoms with Crippen molar-refractivity contribution in [2.45, 2.75) is 17.7 Å². The van der Waals surface area contributed by atoms with Gasteiger partial charge < -0.3 is 15.7 Å². The lowest BCUT2D eigenvalue weighted by Crippen LogP contribution is -2.22. The average Bonchev–Trinajstić information content (AvgIpc) is 2.89. The van der Waals surface area contributed by atoms with Crippen molar-refractivity contribution in [3.8, 4) is 0 Å². The van der Waals surface area contributed by atoms with Crippen LogP contribution < -0.4 is 10.6 Å². The fraction of sp³-hybridized carbons (Fsp3) is 0.400. The Labute approximate surface area is 133 Å². The maximum Gasteiger partial charge on any atom is 0.191 e. The maximum absolute atomic E-state index is 10.3. The summed E-state index contributed by atoms with van der Waals surface area (Å²) in [5, 5.41) is 11.0. The summed E-state index contributed by atoms with van der Waals surface area (Å²) < 4.78 is 0. The van der Waals surface area contributed by atoms with E-state index in [1.54, 1.807) is 18.5 Å².